The number of methoxy groups -OCH3 is 2. The number of nitrogens with two attached hydrogens (primary N) is 1. The summed E-state index contributed by atoms with van der Waals surface area (Å²) in [4.78, 5) is 11.4. The average Bonchev–Trinajstić information content (AvgIpc) is 2.66. The Morgan fingerprint density at radius 2 is 2.24 bits per heavy atom. The lowest BCUT2D eigenvalue weighted by molar-refractivity contribution is -0.141. The molecule has 0 amide bonds. The Kier molecular flexibility index (Phi) is 3.33. The highest BCUT2D eigenvalue weighted by Gasteiger charge is 2.33. The lowest BCUT2D eigenvalue weighted by atomic mass is 9.95. The number of rotatable bonds is 3. The summed E-state index contributed by atoms with van der Waals surface area (Å²) >= 11 is 0. The number of hydrogen-bond acceptors (Lipinski definition) is 4. The third-order valence-electron chi connectivity index (χ3n) is 3.36. The zero-order valence-corrected chi connectivity index (χ0v) is 10.1. The summed E-state index contributed by atoms with van der Waals surface area (Å²) in [6, 6.07) is 5.82. The van der Waals surface area contributed by atoms with Gasteiger partial charge in [-0.3, -0.25) is 4.79 Å². The second-order valence-electron chi connectivity index (χ2n) is 4.28. The maximum absolute atomic E-state index is 11.4. The largest absolute Gasteiger partial charge is 0.496 e. The minimum Gasteiger partial charge on any atom is -0.496 e. The van der Waals surface area contributed by atoms with Crippen molar-refractivity contribution in [2.45, 2.75) is 24.8 Å². The number of benzene rings is 1. The van der Waals surface area contributed by atoms with Gasteiger partial charge in [-0.25, -0.2) is 0 Å². The number of hydrogen-bond donors (Lipinski definition) is 1. The number of carbonyl (C=O) groups is 1. The van der Waals surface area contributed by atoms with E-state index in [0.717, 1.165) is 23.3 Å². The van der Waals surface area contributed by atoms with Crippen molar-refractivity contribution in [3.63, 3.8) is 0 Å². The Balaban J connectivity index is 2.31. The fraction of sp³-hybridized carbons (Fsp3) is 0.462. The highest BCUT2D eigenvalue weighted by atomic mass is 16.5. The van der Waals surface area contributed by atoms with Crippen LogP contribution in [0.4, 0.5) is 0 Å². The van der Waals surface area contributed by atoms with Crippen LogP contribution in [0.1, 0.15) is 23.5 Å². The third kappa shape index (κ3) is 2.13. The zero-order chi connectivity index (χ0) is 12.4. The smallest absolute Gasteiger partial charge is 0.306 e. The van der Waals surface area contributed by atoms with Crippen LogP contribution in [0.25, 0.3) is 0 Å². The molecule has 0 saturated heterocycles. The molecular weight excluding hydrogens is 218 g/mol. The number of carbonyl (C=O) groups excluding carboxylic acids is 1. The minimum atomic E-state index is -0.221. The van der Waals surface area contributed by atoms with E-state index in [-0.39, 0.29) is 17.9 Å². The van der Waals surface area contributed by atoms with Gasteiger partial charge < -0.3 is 15.2 Å². The molecule has 4 nitrogen and oxygen atoms in total. The summed E-state index contributed by atoms with van der Waals surface area (Å²) in [5.41, 5.74) is 8.33. The summed E-state index contributed by atoms with van der Waals surface area (Å²) in [6.07, 6.45) is 1.08. The van der Waals surface area contributed by atoms with Crippen LogP contribution < -0.4 is 10.5 Å². The maximum atomic E-state index is 11.4. The molecule has 1 aliphatic carbocycles. The van der Waals surface area contributed by atoms with Crippen LogP contribution >= 0.6 is 0 Å². The molecule has 2 N–H and O–H groups in total. The summed E-state index contributed by atoms with van der Waals surface area (Å²) in [5, 5.41) is 0. The molecular formula is C13H17NO3. The molecule has 0 heterocycles. The van der Waals surface area contributed by atoms with Crippen LogP contribution in [0.5, 0.6) is 5.75 Å². The molecule has 0 bridgehead atoms. The Bertz CT molecular complexity index is 431. The molecule has 1 aromatic rings. The van der Waals surface area contributed by atoms with Crippen LogP contribution in [0.15, 0.2) is 18.2 Å². The van der Waals surface area contributed by atoms with Crippen LogP contribution in [0.3, 0.4) is 0 Å². The van der Waals surface area contributed by atoms with Crippen LogP contribution in [0, 0.1) is 0 Å². The molecule has 92 valence electrons. The molecule has 0 aromatic heterocycles. The predicted molar refractivity (Wildman–Crippen MR) is 64.0 cm³/mol. The first kappa shape index (κ1) is 11.9. The summed E-state index contributed by atoms with van der Waals surface area (Å²) in [6.45, 7) is 0. The van der Waals surface area contributed by atoms with Gasteiger partial charge in [-0.1, -0.05) is 12.1 Å². The maximum Gasteiger partial charge on any atom is 0.306 e. The van der Waals surface area contributed by atoms with Gasteiger partial charge in [0.15, 0.2) is 0 Å². The Morgan fingerprint density at radius 3 is 2.88 bits per heavy atom. The highest BCUT2D eigenvalue weighted by Crippen LogP contribution is 2.39. The van der Waals surface area contributed by atoms with Crippen molar-refractivity contribution in [2.75, 3.05) is 14.2 Å². The van der Waals surface area contributed by atoms with Gasteiger partial charge in [0.1, 0.15) is 5.75 Å². The molecule has 2 unspecified atom stereocenters. The van der Waals surface area contributed by atoms with Gasteiger partial charge in [0, 0.05) is 12.0 Å². The standard InChI is InChI=1S/C13H17NO3/c1-16-12-5-3-4-8-9(7-13(15)17-2)11(14)6-10(8)12/h3-5,9,11H,6-7,14H2,1-2H3. The fourth-order valence-electron chi connectivity index (χ4n) is 2.47. The lowest BCUT2D eigenvalue weighted by Gasteiger charge is -2.15. The average molecular weight is 235 g/mol. The van der Waals surface area contributed by atoms with Gasteiger partial charge in [0.2, 0.25) is 0 Å². The molecule has 0 aliphatic heterocycles. The Morgan fingerprint density at radius 1 is 1.47 bits per heavy atom. The van der Waals surface area contributed by atoms with Crippen molar-refractivity contribution in [3.8, 4) is 5.75 Å². The Hall–Kier alpha value is -1.55. The quantitative estimate of drug-likeness (QED) is 0.800. The van der Waals surface area contributed by atoms with Gasteiger partial charge in [0.05, 0.1) is 20.6 Å². The van der Waals surface area contributed by atoms with Crippen LogP contribution in [0.2, 0.25) is 0 Å². The van der Waals surface area contributed by atoms with Gasteiger partial charge in [-0.15, -0.1) is 0 Å². The van der Waals surface area contributed by atoms with E-state index >= 15 is 0 Å². The van der Waals surface area contributed by atoms with E-state index in [9.17, 15) is 4.79 Å². The number of esters is 1. The van der Waals surface area contributed by atoms with E-state index < -0.39 is 0 Å². The summed E-state index contributed by atoms with van der Waals surface area (Å²) in [5.74, 6) is 0.666. The molecule has 4 heteroatoms. The summed E-state index contributed by atoms with van der Waals surface area (Å²) in [7, 11) is 3.05. The molecule has 0 spiro atoms. The molecule has 0 radical (unpaired) electrons. The molecule has 0 saturated carbocycles. The SMILES string of the molecule is COC(=O)CC1c2cccc(OC)c2CC1N. The number of ether oxygens (including phenoxy) is 2. The van der Waals surface area contributed by atoms with Crippen molar-refractivity contribution in [1.29, 1.82) is 0 Å². The first-order chi connectivity index (χ1) is 8.17. The highest BCUT2D eigenvalue weighted by molar-refractivity contribution is 5.71. The van der Waals surface area contributed by atoms with Crippen molar-refractivity contribution >= 4 is 5.97 Å². The van der Waals surface area contributed by atoms with Crippen molar-refractivity contribution in [2.24, 2.45) is 5.73 Å². The third-order valence-corrected chi connectivity index (χ3v) is 3.36. The predicted octanol–water partition coefficient (Wildman–Crippen LogP) is 1.23. The van der Waals surface area contributed by atoms with E-state index in [2.05, 4.69) is 0 Å². The molecule has 17 heavy (non-hydrogen) atoms. The normalized spacial score (nSPS) is 22.1. The summed E-state index contributed by atoms with van der Waals surface area (Å²) < 4.78 is 10.0. The van der Waals surface area contributed by atoms with E-state index in [1.54, 1.807) is 7.11 Å². The molecule has 0 fully saturated rings. The first-order valence-electron chi connectivity index (χ1n) is 5.65. The molecule has 2 atom stereocenters. The van der Waals surface area contributed by atoms with E-state index in [0.29, 0.717) is 6.42 Å². The van der Waals surface area contributed by atoms with Crippen molar-refractivity contribution < 1.29 is 14.3 Å². The molecule has 1 aromatic carbocycles. The monoisotopic (exact) mass is 235 g/mol. The van der Waals surface area contributed by atoms with Gasteiger partial charge in [-0.05, 0) is 23.6 Å². The van der Waals surface area contributed by atoms with E-state index in [1.807, 2.05) is 18.2 Å². The lowest BCUT2D eigenvalue weighted by Crippen LogP contribution is -2.27. The minimum absolute atomic E-state index is 0.0348. The van der Waals surface area contributed by atoms with Crippen LogP contribution in [-0.4, -0.2) is 26.2 Å². The second kappa shape index (κ2) is 4.75. The van der Waals surface area contributed by atoms with Gasteiger partial charge >= 0.3 is 5.97 Å². The Labute approximate surface area is 101 Å². The zero-order valence-electron chi connectivity index (χ0n) is 10.1. The van der Waals surface area contributed by atoms with E-state index in [1.165, 1.54) is 7.11 Å². The van der Waals surface area contributed by atoms with Crippen molar-refractivity contribution in [3.05, 3.63) is 29.3 Å². The van der Waals surface area contributed by atoms with E-state index in [4.69, 9.17) is 15.2 Å². The topological polar surface area (TPSA) is 61.5 Å². The van der Waals surface area contributed by atoms with Crippen LogP contribution in [-0.2, 0) is 16.0 Å². The molecule has 2 rings (SSSR count). The molecule has 1 aliphatic rings. The fourth-order valence-corrected chi connectivity index (χ4v) is 2.47. The van der Waals surface area contributed by atoms with Crippen molar-refractivity contribution in [1.82, 2.24) is 0 Å². The van der Waals surface area contributed by atoms with Gasteiger partial charge in [0.25, 0.3) is 0 Å². The first-order valence-corrected chi connectivity index (χ1v) is 5.65. The van der Waals surface area contributed by atoms with Gasteiger partial charge in [-0.2, -0.15) is 0 Å². The number of fused-ring (bicyclic) bond motifs is 1. The second-order valence-corrected chi connectivity index (χ2v) is 4.28.